The minimum Gasteiger partial charge on any atom is -0.496 e. The number of ether oxygens (including phenoxy) is 2. The molecular formula is C30H33N3O4. The topological polar surface area (TPSA) is 104 Å². The van der Waals surface area contributed by atoms with Crippen LogP contribution in [0.4, 0.5) is 5.69 Å². The fraction of sp³-hybridized carbons (Fsp3) is 0.233. The van der Waals surface area contributed by atoms with E-state index in [1.54, 1.807) is 49.8 Å². The van der Waals surface area contributed by atoms with Crippen molar-refractivity contribution in [1.82, 2.24) is 4.98 Å². The van der Waals surface area contributed by atoms with E-state index >= 15 is 0 Å². The Hall–Kier alpha value is -4.23. The largest absolute Gasteiger partial charge is 0.496 e. The summed E-state index contributed by atoms with van der Waals surface area (Å²) in [5, 5.41) is 4.91. The maximum Gasteiger partial charge on any atom is 0.338 e. The smallest absolute Gasteiger partial charge is 0.338 e. The Bertz CT molecular complexity index is 1350. The second kappa shape index (κ2) is 13.2. The average Bonchev–Trinajstić information content (AvgIpc) is 2.93. The molecule has 1 atom stereocenters. The van der Waals surface area contributed by atoms with E-state index in [0.29, 0.717) is 28.1 Å². The Kier molecular flexibility index (Phi) is 9.75. The SMILES string of the molecule is CC.COc1ccc(C(CN)C(=O)Nc2ccc3cnccc3c2)cc1COC(=O)c1ccc(C)cc1. The summed E-state index contributed by atoms with van der Waals surface area (Å²) in [6, 6.07) is 20.0. The van der Waals surface area contributed by atoms with Gasteiger partial charge in [-0.15, -0.1) is 0 Å². The van der Waals surface area contributed by atoms with Crippen molar-refractivity contribution >= 4 is 28.3 Å². The number of amides is 1. The first-order valence-electron chi connectivity index (χ1n) is 12.2. The van der Waals surface area contributed by atoms with Gasteiger partial charge < -0.3 is 20.5 Å². The molecule has 1 aromatic heterocycles. The number of nitrogens with one attached hydrogen (secondary N) is 1. The number of hydrogen-bond acceptors (Lipinski definition) is 6. The number of carbonyl (C=O) groups is 2. The molecule has 0 radical (unpaired) electrons. The first-order chi connectivity index (χ1) is 18.0. The lowest BCUT2D eigenvalue weighted by molar-refractivity contribution is -0.117. The number of pyridine rings is 1. The van der Waals surface area contributed by atoms with Crippen molar-refractivity contribution in [2.45, 2.75) is 33.3 Å². The predicted octanol–water partition coefficient (Wildman–Crippen LogP) is 5.62. The number of rotatable bonds is 8. The standard InChI is InChI=1S/C28H27N3O4.C2H6/c1-18-3-5-19(6-4-18)28(33)35-17-23-13-21(8-10-26(23)34-2)25(15-29)27(32)31-24-9-7-22-16-30-12-11-20(22)14-24;1-2/h3-14,16,25H,15,17,29H2,1-2H3,(H,31,32);1-2H3. The van der Waals surface area contributed by atoms with Crippen LogP contribution in [0.25, 0.3) is 10.8 Å². The van der Waals surface area contributed by atoms with Gasteiger partial charge in [0.05, 0.1) is 18.6 Å². The molecule has 0 fully saturated rings. The van der Waals surface area contributed by atoms with Gasteiger partial charge in [-0.25, -0.2) is 4.79 Å². The zero-order chi connectivity index (χ0) is 26.8. The van der Waals surface area contributed by atoms with E-state index in [1.807, 2.05) is 57.2 Å². The second-order valence-electron chi connectivity index (χ2n) is 8.23. The number of aryl methyl sites for hydroxylation is 1. The van der Waals surface area contributed by atoms with E-state index in [2.05, 4.69) is 10.3 Å². The molecule has 3 N–H and O–H groups in total. The van der Waals surface area contributed by atoms with Crippen LogP contribution in [0.2, 0.25) is 0 Å². The number of fused-ring (bicyclic) bond motifs is 1. The summed E-state index contributed by atoms with van der Waals surface area (Å²) in [4.78, 5) is 29.7. The van der Waals surface area contributed by atoms with E-state index in [1.165, 1.54) is 0 Å². The van der Waals surface area contributed by atoms with E-state index in [0.717, 1.165) is 16.3 Å². The van der Waals surface area contributed by atoms with Gasteiger partial charge in [0, 0.05) is 35.6 Å². The molecular weight excluding hydrogens is 466 g/mol. The summed E-state index contributed by atoms with van der Waals surface area (Å²) in [5.74, 6) is -0.698. The number of anilines is 1. The lowest BCUT2D eigenvalue weighted by atomic mass is 9.96. The highest BCUT2D eigenvalue weighted by molar-refractivity contribution is 5.98. The van der Waals surface area contributed by atoms with Crippen molar-refractivity contribution in [3.8, 4) is 5.75 Å². The van der Waals surface area contributed by atoms with Crippen LogP contribution in [0.1, 0.15) is 46.8 Å². The van der Waals surface area contributed by atoms with Gasteiger partial charge in [-0.3, -0.25) is 9.78 Å². The van der Waals surface area contributed by atoms with Crippen molar-refractivity contribution in [3.63, 3.8) is 0 Å². The van der Waals surface area contributed by atoms with Gasteiger partial charge in [0.2, 0.25) is 5.91 Å². The Morgan fingerprint density at radius 3 is 2.43 bits per heavy atom. The molecule has 0 aliphatic carbocycles. The van der Waals surface area contributed by atoms with Gasteiger partial charge in [-0.1, -0.05) is 43.7 Å². The minimum atomic E-state index is -0.597. The molecule has 1 heterocycles. The fourth-order valence-electron chi connectivity index (χ4n) is 3.83. The Morgan fingerprint density at radius 2 is 1.73 bits per heavy atom. The Labute approximate surface area is 217 Å². The highest BCUT2D eigenvalue weighted by Gasteiger charge is 2.21. The number of methoxy groups -OCH3 is 1. The molecule has 0 spiro atoms. The molecule has 0 saturated heterocycles. The molecule has 7 nitrogen and oxygen atoms in total. The monoisotopic (exact) mass is 499 g/mol. The van der Waals surface area contributed by atoms with Crippen molar-refractivity contribution in [2.75, 3.05) is 19.0 Å². The van der Waals surface area contributed by atoms with Gasteiger partial charge in [0.25, 0.3) is 0 Å². The van der Waals surface area contributed by atoms with Crippen molar-refractivity contribution in [3.05, 3.63) is 101 Å². The molecule has 37 heavy (non-hydrogen) atoms. The Balaban J connectivity index is 0.00000186. The second-order valence-corrected chi connectivity index (χ2v) is 8.23. The fourth-order valence-corrected chi connectivity index (χ4v) is 3.83. The van der Waals surface area contributed by atoms with E-state index in [-0.39, 0.29) is 19.1 Å². The summed E-state index contributed by atoms with van der Waals surface area (Å²) in [6.07, 6.45) is 3.48. The number of nitrogens with two attached hydrogens (primary N) is 1. The third-order valence-electron chi connectivity index (χ3n) is 5.81. The number of nitrogens with zero attached hydrogens (tertiary/aromatic N) is 1. The molecule has 4 aromatic rings. The third kappa shape index (κ3) is 6.92. The molecule has 0 aliphatic rings. The van der Waals surface area contributed by atoms with Gasteiger partial charge >= 0.3 is 5.97 Å². The van der Waals surface area contributed by atoms with Gasteiger partial charge in [0.1, 0.15) is 12.4 Å². The lowest BCUT2D eigenvalue weighted by Gasteiger charge is -2.18. The molecule has 1 amide bonds. The highest BCUT2D eigenvalue weighted by atomic mass is 16.5. The summed E-state index contributed by atoms with van der Waals surface area (Å²) in [6.45, 7) is 6.06. The average molecular weight is 500 g/mol. The molecule has 4 rings (SSSR count). The van der Waals surface area contributed by atoms with Gasteiger partial charge in [-0.2, -0.15) is 0 Å². The van der Waals surface area contributed by atoms with Crippen LogP contribution in [-0.4, -0.2) is 30.5 Å². The van der Waals surface area contributed by atoms with E-state index in [4.69, 9.17) is 15.2 Å². The molecule has 7 heteroatoms. The van der Waals surface area contributed by atoms with Crippen molar-refractivity contribution in [2.24, 2.45) is 5.73 Å². The summed E-state index contributed by atoms with van der Waals surface area (Å²) >= 11 is 0. The van der Waals surface area contributed by atoms with E-state index in [9.17, 15) is 9.59 Å². The van der Waals surface area contributed by atoms with Crippen LogP contribution in [0.15, 0.2) is 79.1 Å². The molecule has 3 aromatic carbocycles. The highest BCUT2D eigenvalue weighted by Crippen LogP contribution is 2.27. The molecule has 1 unspecified atom stereocenters. The van der Waals surface area contributed by atoms with Crippen molar-refractivity contribution in [1.29, 1.82) is 0 Å². The first-order valence-corrected chi connectivity index (χ1v) is 12.2. The third-order valence-corrected chi connectivity index (χ3v) is 5.81. The number of carbonyl (C=O) groups excluding carboxylic acids is 2. The normalized spacial score (nSPS) is 11.2. The molecule has 0 saturated carbocycles. The van der Waals surface area contributed by atoms with Crippen LogP contribution in [-0.2, 0) is 16.1 Å². The van der Waals surface area contributed by atoms with Crippen LogP contribution >= 0.6 is 0 Å². The molecule has 0 aliphatic heterocycles. The van der Waals surface area contributed by atoms with Crippen LogP contribution < -0.4 is 15.8 Å². The van der Waals surface area contributed by atoms with Crippen LogP contribution in [0.5, 0.6) is 5.75 Å². The zero-order valence-electron chi connectivity index (χ0n) is 21.7. The number of aromatic nitrogens is 1. The number of hydrogen-bond donors (Lipinski definition) is 2. The first kappa shape index (κ1) is 27.4. The Morgan fingerprint density at radius 1 is 0.973 bits per heavy atom. The van der Waals surface area contributed by atoms with Crippen LogP contribution in [0, 0.1) is 6.92 Å². The lowest BCUT2D eigenvalue weighted by Crippen LogP contribution is -2.27. The quantitative estimate of drug-likeness (QED) is 0.305. The van der Waals surface area contributed by atoms with Gasteiger partial charge in [0.15, 0.2) is 0 Å². The predicted molar refractivity (Wildman–Crippen MR) is 147 cm³/mol. The maximum atomic E-state index is 13.1. The van der Waals surface area contributed by atoms with Gasteiger partial charge in [-0.05, 0) is 60.3 Å². The summed E-state index contributed by atoms with van der Waals surface area (Å²) in [5.41, 5.74) is 9.55. The zero-order valence-corrected chi connectivity index (χ0v) is 21.7. The van der Waals surface area contributed by atoms with E-state index < -0.39 is 11.9 Å². The summed E-state index contributed by atoms with van der Waals surface area (Å²) < 4.78 is 10.9. The van der Waals surface area contributed by atoms with Crippen LogP contribution in [0.3, 0.4) is 0 Å². The molecule has 192 valence electrons. The number of esters is 1. The minimum absolute atomic E-state index is 0.00133. The number of benzene rings is 3. The van der Waals surface area contributed by atoms with Crippen molar-refractivity contribution < 1.29 is 19.1 Å². The molecule has 0 bridgehead atoms. The summed E-state index contributed by atoms with van der Waals surface area (Å²) in [7, 11) is 1.54. The maximum absolute atomic E-state index is 13.1.